The van der Waals surface area contributed by atoms with E-state index in [0.717, 1.165) is 10.1 Å². The van der Waals surface area contributed by atoms with Gasteiger partial charge < -0.3 is 15.3 Å². The maximum Gasteiger partial charge on any atom is 0.255 e. The fraction of sp³-hybridized carbons (Fsp3) is 0.417. The Hall–Kier alpha value is -0.820. The topological polar surface area (TPSA) is 52.6 Å². The molecule has 0 fully saturated rings. The minimum absolute atomic E-state index is 0.0139. The molecule has 0 bridgehead atoms. The first-order chi connectivity index (χ1) is 7.90. The summed E-state index contributed by atoms with van der Waals surface area (Å²) in [5, 5.41) is 12.5. The number of hydrogen-bond acceptors (Lipinski definition) is 3. The minimum atomic E-state index is -0.240. The van der Waals surface area contributed by atoms with Crippen molar-refractivity contribution < 1.29 is 9.90 Å². The van der Waals surface area contributed by atoms with Crippen molar-refractivity contribution >= 4 is 28.5 Å². The van der Waals surface area contributed by atoms with Crippen LogP contribution in [0.3, 0.4) is 0 Å². The van der Waals surface area contributed by atoms with Gasteiger partial charge in [0.25, 0.3) is 5.91 Å². The van der Waals surface area contributed by atoms with Gasteiger partial charge in [-0.2, -0.15) is 0 Å². The van der Waals surface area contributed by atoms with Crippen LogP contribution in [0.4, 0.5) is 0 Å². The summed E-state index contributed by atoms with van der Waals surface area (Å²) in [5.74, 6) is -0.227. The number of carbonyl (C=O) groups excluding carboxylic acids is 1. The third-order valence-electron chi connectivity index (χ3n) is 2.22. The van der Waals surface area contributed by atoms with E-state index in [-0.39, 0.29) is 17.7 Å². The second kappa shape index (κ2) is 6.20. The highest BCUT2D eigenvalue weighted by atomic mass is 127. The minimum Gasteiger partial charge on any atom is -0.507 e. The van der Waals surface area contributed by atoms with E-state index in [9.17, 15) is 9.90 Å². The highest BCUT2D eigenvalue weighted by molar-refractivity contribution is 14.1. The first-order valence-electron chi connectivity index (χ1n) is 5.34. The predicted molar refractivity (Wildman–Crippen MR) is 76.3 cm³/mol. The Morgan fingerprint density at radius 1 is 1.53 bits per heavy atom. The van der Waals surface area contributed by atoms with E-state index in [1.54, 1.807) is 12.1 Å². The van der Waals surface area contributed by atoms with Crippen LogP contribution in [0.15, 0.2) is 18.2 Å². The van der Waals surface area contributed by atoms with Crippen LogP contribution < -0.4 is 5.32 Å². The Labute approximate surface area is 115 Å². The van der Waals surface area contributed by atoms with Crippen LogP contribution in [-0.2, 0) is 0 Å². The van der Waals surface area contributed by atoms with Crippen molar-refractivity contribution in [2.75, 3.05) is 20.6 Å². The molecule has 1 atom stereocenters. The number of amides is 1. The van der Waals surface area contributed by atoms with Gasteiger partial charge in [0.2, 0.25) is 0 Å². The van der Waals surface area contributed by atoms with Gasteiger partial charge in [-0.1, -0.05) is 0 Å². The molecule has 94 valence electrons. The van der Waals surface area contributed by atoms with Crippen molar-refractivity contribution in [2.45, 2.75) is 13.0 Å². The molecular weight excluding hydrogens is 331 g/mol. The van der Waals surface area contributed by atoms with E-state index >= 15 is 0 Å². The van der Waals surface area contributed by atoms with Gasteiger partial charge in [-0.05, 0) is 61.8 Å². The Morgan fingerprint density at radius 3 is 2.76 bits per heavy atom. The van der Waals surface area contributed by atoms with Crippen molar-refractivity contribution in [3.63, 3.8) is 0 Å². The number of halogens is 1. The number of hydrogen-bond donors (Lipinski definition) is 2. The van der Waals surface area contributed by atoms with Crippen molar-refractivity contribution in [1.82, 2.24) is 10.2 Å². The van der Waals surface area contributed by atoms with E-state index in [4.69, 9.17) is 0 Å². The molecule has 1 aromatic carbocycles. The fourth-order valence-corrected chi connectivity index (χ4v) is 2.08. The molecule has 4 nitrogen and oxygen atoms in total. The predicted octanol–water partition coefficient (Wildman–Crippen LogP) is 1.68. The van der Waals surface area contributed by atoms with Crippen LogP contribution in [0.25, 0.3) is 0 Å². The summed E-state index contributed by atoms with van der Waals surface area (Å²) in [4.78, 5) is 13.9. The highest BCUT2D eigenvalue weighted by Gasteiger charge is 2.14. The van der Waals surface area contributed by atoms with E-state index in [2.05, 4.69) is 27.9 Å². The van der Waals surface area contributed by atoms with E-state index in [1.165, 1.54) is 6.07 Å². The van der Waals surface area contributed by atoms with Crippen molar-refractivity contribution in [3.05, 3.63) is 27.3 Å². The van der Waals surface area contributed by atoms with Crippen molar-refractivity contribution in [1.29, 1.82) is 0 Å². The molecular formula is C12H17IN2O2. The van der Waals surface area contributed by atoms with Gasteiger partial charge in [0.1, 0.15) is 5.75 Å². The molecule has 0 aliphatic carbocycles. The molecule has 0 spiro atoms. The average molecular weight is 348 g/mol. The molecule has 1 amide bonds. The van der Waals surface area contributed by atoms with Gasteiger partial charge in [-0.3, -0.25) is 4.79 Å². The summed E-state index contributed by atoms with van der Waals surface area (Å²) in [6.07, 6.45) is 0. The summed E-state index contributed by atoms with van der Waals surface area (Å²) in [6.45, 7) is 2.69. The normalized spacial score (nSPS) is 12.5. The molecule has 0 aromatic heterocycles. The van der Waals surface area contributed by atoms with Gasteiger partial charge in [0.15, 0.2) is 0 Å². The number of benzene rings is 1. The van der Waals surface area contributed by atoms with Gasteiger partial charge in [-0.25, -0.2) is 0 Å². The number of phenolic OH excluding ortho intramolecular Hbond substituents is 1. The first-order valence-corrected chi connectivity index (χ1v) is 6.42. The number of aromatic hydroxyl groups is 1. The number of nitrogens with zero attached hydrogens (tertiary/aromatic N) is 1. The molecule has 2 N–H and O–H groups in total. The third kappa shape index (κ3) is 4.51. The highest BCUT2D eigenvalue weighted by Crippen LogP contribution is 2.19. The lowest BCUT2D eigenvalue weighted by atomic mass is 10.1. The number of likely N-dealkylation sites (N-methyl/N-ethyl adjacent to an activating group) is 1. The van der Waals surface area contributed by atoms with Crippen LogP contribution >= 0.6 is 22.6 Å². The molecule has 1 rings (SSSR count). The lowest BCUT2D eigenvalue weighted by molar-refractivity contribution is 0.0931. The number of rotatable bonds is 4. The Bertz CT molecular complexity index is 407. The average Bonchev–Trinajstić information content (AvgIpc) is 2.20. The second-order valence-electron chi connectivity index (χ2n) is 4.30. The molecule has 0 heterocycles. The largest absolute Gasteiger partial charge is 0.507 e. The summed E-state index contributed by atoms with van der Waals surface area (Å²) in [6, 6.07) is 5.01. The first kappa shape index (κ1) is 14.2. The van der Waals surface area contributed by atoms with Crippen molar-refractivity contribution in [3.8, 4) is 5.75 Å². The summed E-state index contributed by atoms with van der Waals surface area (Å²) in [7, 11) is 3.90. The Balaban J connectivity index is 2.73. The molecule has 1 unspecified atom stereocenters. The van der Waals surface area contributed by atoms with Gasteiger partial charge >= 0.3 is 0 Å². The van der Waals surface area contributed by atoms with Crippen LogP contribution in [-0.4, -0.2) is 42.6 Å². The zero-order valence-corrected chi connectivity index (χ0v) is 12.4. The number of carbonyl (C=O) groups is 1. The summed E-state index contributed by atoms with van der Waals surface area (Å²) in [5.41, 5.74) is 0.322. The summed E-state index contributed by atoms with van der Waals surface area (Å²) >= 11 is 2.11. The summed E-state index contributed by atoms with van der Waals surface area (Å²) < 4.78 is 0.922. The van der Waals surface area contributed by atoms with Crippen molar-refractivity contribution in [2.24, 2.45) is 0 Å². The van der Waals surface area contributed by atoms with Crippen LogP contribution in [0.5, 0.6) is 5.75 Å². The smallest absolute Gasteiger partial charge is 0.255 e. The monoisotopic (exact) mass is 348 g/mol. The standard InChI is InChI=1S/C12H17IN2O2/c1-8(7-15(2)3)14-12(17)10-6-9(13)4-5-11(10)16/h4-6,8,16H,7H2,1-3H3,(H,14,17). The van der Waals surface area contributed by atoms with Crippen LogP contribution in [0.2, 0.25) is 0 Å². The van der Waals surface area contributed by atoms with Gasteiger partial charge in [0, 0.05) is 16.2 Å². The maximum absolute atomic E-state index is 11.9. The molecule has 0 aliphatic rings. The van der Waals surface area contributed by atoms with Gasteiger partial charge in [0.05, 0.1) is 5.56 Å². The molecule has 0 aliphatic heterocycles. The molecule has 1 aromatic rings. The van der Waals surface area contributed by atoms with Crippen LogP contribution in [0.1, 0.15) is 17.3 Å². The Morgan fingerprint density at radius 2 is 2.18 bits per heavy atom. The molecule has 0 saturated heterocycles. The quantitative estimate of drug-likeness (QED) is 0.814. The third-order valence-corrected chi connectivity index (χ3v) is 2.89. The van der Waals surface area contributed by atoms with E-state index < -0.39 is 0 Å². The zero-order valence-electron chi connectivity index (χ0n) is 10.2. The SMILES string of the molecule is CC(CN(C)C)NC(=O)c1cc(I)ccc1O. The Kier molecular flexibility index (Phi) is 5.20. The molecule has 17 heavy (non-hydrogen) atoms. The fourth-order valence-electron chi connectivity index (χ4n) is 1.59. The number of nitrogens with one attached hydrogen (secondary N) is 1. The second-order valence-corrected chi connectivity index (χ2v) is 5.54. The van der Waals surface area contributed by atoms with E-state index in [0.29, 0.717) is 5.56 Å². The molecule has 5 heteroatoms. The molecule has 0 radical (unpaired) electrons. The molecule has 0 saturated carbocycles. The lowest BCUT2D eigenvalue weighted by Gasteiger charge is -2.18. The maximum atomic E-state index is 11.9. The van der Waals surface area contributed by atoms with Crippen LogP contribution in [0, 0.1) is 3.57 Å². The van der Waals surface area contributed by atoms with E-state index in [1.807, 2.05) is 25.9 Å². The van der Waals surface area contributed by atoms with Gasteiger partial charge in [-0.15, -0.1) is 0 Å². The number of phenols is 1. The lowest BCUT2D eigenvalue weighted by Crippen LogP contribution is -2.39. The zero-order chi connectivity index (χ0) is 13.0.